The molecule has 5 nitrogen and oxygen atoms in total. The molecule has 1 aliphatic carbocycles. The number of rotatable bonds is 3. The zero-order chi connectivity index (χ0) is 18.4. The van der Waals surface area contributed by atoms with Crippen molar-refractivity contribution in [3.05, 3.63) is 48.0 Å². The minimum atomic E-state index is -0.654. The van der Waals surface area contributed by atoms with Crippen molar-refractivity contribution < 1.29 is 9.53 Å². The summed E-state index contributed by atoms with van der Waals surface area (Å²) in [4.78, 5) is 34.6. The highest BCUT2D eigenvalue weighted by Crippen LogP contribution is 2.36. The molecule has 4 rings (SSSR count). The first-order valence-corrected chi connectivity index (χ1v) is 10.4. The summed E-state index contributed by atoms with van der Waals surface area (Å²) in [6.45, 7) is 3.93. The number of nitrogens with zero attached hydrogens (tertiary/aromatic N) is 1. The molecule has 0 saturated carbocycles. The number of aryl methyl sites for hydroxylation is 1. The van der Waals surface area contributed by atoms with Crippen LogP contribution in [-0.4, -0.2) is 15.9 Å². The van der Waals surface area contributed by atoms with Crippen LogP contribution in [0.15, 0.2) is 16.9 Å². The van der Waals surface area contributed by atoms with Crippen molar-refractivity contribution in [3.63, 3.8) is 0 Å². The molecule has 2 atom stereocenters. The monoisotopic (exact) mass is 408 g/mol. The Morgan fingerprint density at radius 3 is 2.96 bits per heavy atom. The van der Waals surface area contributed by atoms with E-state index in [4.69, 9.17) is 16.3 Å². The van der Waals surface area contributed by atoms with E-state index < -0.39 is 12.1 Å². The van der Waals surface area contributed by atoms with Gasteiger partial charge in [0, 0.05) is 4.88 Å². The van der Waals surface area contributed by atoms with Crippen molar-refractivity contribution in [3.8, 4) is 0 Å². The van der Waals surface area contributed by atoms with Gasteiger partial charge < -0.3 is 9.72 Å². The van der Waals surface area contributed by atoms with Crippen molar-refractivity contribution in [1.82, 2.24) is 9.97 Å². The molecule has 3 aromatic rings. The molecule has 136 valence electrons. The van der Waals surface area contributed by atoms with Crippen LogP contribution in [0.2, 0.25) is 4.34 Å². The van der Waals surface area contributed by atoms with E-state index in [0.29, 0.717) is 26.3 Å². The van der Waals surface area contributed by atoms with Crippen molar-refractivity contribution in [2.45, 2.75) is 39.2 Å². The first-order chi connectivity index (χ1) is 12.4. The molecule has 0 unspecified atom stereocenters. The van der Waals surface area contributed by atoms with Crippen LogP contribution in [0.25, 0.3) is 10.2 Å². The molecule has 0 aliphatic heterocycles. The van der Waals surface area contributed by atoms with Gasteiger partial charge in [0.1, 0.15) is 9.71 Å². The standard InChI is InChI=1S/C18H17ClN2O3S2/c1-8-3-4-10-12(7-8)26-17-14(10)16(22)20-15(21-17)9(2)24-18(23)11-5-6-13(19)25-11/h5-6,8-9H,3-4,7H2,1-2H3,(H,20,21,22)/t8-,9+/m1/s1. The van der Waals surface area contributed by atoms with Crippen molar-refractivity contribution in [1.29, 1.82) is 0 Å². The highest BCUT2D eigenvalue weighted by molar-refractivity contribution is 7.19. The number of aromatic amines is 1. The number of esters is 1. The summed E-state index contributed by atoms with van der Waals surface area (Å²) in [5.41, 5.74) is 0.986. The second-order valence-corrected chi connectivity index (χ2v) is 9.43. The molecule has 0 saturated heterocycles. The van der Waals surface area contributed by atoms with Crippen LogP contribution in [0, 0.1) is 5.92 Å². The zero-order valence-electron chi connectivity index (χ0n) is 14.3. The molecule has 26 heavy (non-hydrogen) atoms. The van der Waals surface area contributed by atoms with Crippen LogP contribution in [-0.2, 0) is 17.6 Å². The summed E-state index contributed by atoms with van der Waals surface area (Å²) in [6, 6.07) is 3.27. The second-order valence-electron chi connectivity index (χ2n) is 6.63. The van der Waals surface area contributed by atoms with E-state index in [1.165, 1.54) is 4.88 Å². The summed E-state index contributed by atoms with van der Waals surface area (Å²) in [6.07, 6.45) is 2.36. The lowest BCUT2D eigenvalue weighted by Gasteiger charge is -2.17. The topological polar surface area (TPSA) is 72.0 Å². The van der Waals surface area contributed by atoms with E-state index in [2.05, 4.69) is 16.9 Å². The number of aromatic nitrogens is 2. The van der Waals surface area contributed by atoms with E-state index >= 15 is 0 Å². The van der Waals surface area contributed by atoms with Gasteiger partial charge in [-0.05, 0) is 49.8 Å². The average molecular weight is 409 g/mol. The van der Waals surface area contributed by atoms with Gasteiger partial charge in [-0.2, -0.15) is 0 Å². The predicted octanol–water partition coefficient (Wildman–Crippen LogP) is 4.74. The third-order valence-corrected chi connectivity index (χ3v) is 6.99. The molecule has 3 heterocycles. The third-order valence-electron chi connectivity index (χ3n) is 4.63. The Kier molecular flexibility index (Phi) is 4.62. The lowest BCUT2D eigenvalue weighted by Crippen LogP contribution is -2.18. The van der Waals surface area contributed by atoms with Crippen molar-refractivity contribution in [2.75, 3.05) is 0 Å². The molecule has 0 fully saturated rings. The first kappa shape index (κ1) is 17.7. The van der Waals surface area contributed by atoms with Gasteiger partial charge in [0.2, 0.25) is 0 Å². The van der Waals surface area contributed by atoms with E-state index in [9.17, 15) is 9.59 Å². The van der Waals surface area contributed by atoms with Gasteiger partial charge in [-0.25, -0.2) is 9.78 Å². The van der Waals surface area contributed by atoms with E-state index in [0.717, 1.165) is 41.0 Å². The fourth-order valence-electron chi connectivity index (χ4n) is 3.26. The smallest absolute Gasteiger partial charge is 0.349 e. The molecule has 8 heteroatoms. The molecule has 1 N–H and O–H groups in total. The Hall–Kier alpha value is -1.70. The van der Waals surface area contributed by atoms with Crippen LogP contribution in [0.4, 0.5) is 0 Å². The molecule has 0 bridgehead atoms. The van der Waals surface area contributed by atoms with Crippen LogP contribution in [0.5, 0.6) is 0 Å². The van der Waals surface area contributed by atoms with E-state index in [1.807, 2.05) is 0 Å². The summed E-state index contributed by atoms with van der Waals surface area (Å²) < 4.78 is 5.97. The Morgan fingerprint density at radius 2 is 2.23 bits per heavy atom. The number of carbonyl (C=O) groups excluding carboxylic acids is 1. The fraction of sp³-hybridized carbons (Fsp3) is 0.389. The number of thiophene rings is 2. The number of fused-ring (bicyclic) bond motifs is 3. The van der Waals surface area contributed by atoms with Gasteiger partial charge in [0.15, 0.2) is 11.9 Å². The summed E-state index contributed by atoms with van der Waals surface area (Å²) in [7, 11) is 0. The number of ether oxygens (including phenoxy) is 1. The molecular weight excluding hydrogens is 392 g/mol. The molecule has 0 radical (unpaired) electrons. The third kappa shape index (κ3) is 3.19. The summed E-state index contributed by atoms with van der Waals surface area (Å²) in [5.74, 6) is 0.521. The summed E-state index contributed by atoms with van der Waals surface area (Å²) >= 11 is 8.59. The van der Waals surface area contributed by atoms with Crippen LogP contribution in [0.1, 0.15) is 52.3 Å². The molecule has 1 aliphatic rings. The van der Waals surface area contributed by atoms with Gasteiger partial charge >= 0.3 is 5.97 Å². The second kappa shape index (κ2) is 6.79. The maximum absolute atomic E-state index is 12.6. The average Bonchev–Trinajstić information content (AvgIpc) is 3.17. The van der Waals surface area contributed by atoms with E-state index in [1.54, 1.807) is 30.4 Å². The largest absolute Gasteiger partial charge is 0.450 e. The van der Waals surface area contributed by atoms with Crippen LogP contribution < -0.4 is 5.56 Å². The maximum Gasteiger partial charge on any atom is 0.349 e. The molecular formula is C18H17ClN2O3S2. The number of hydrogen-bond acceptors (Lipinski definition) is 6. The number of H-pyrrole nitrogens is 1. The Bertz CT molecular complexity index is 1050. The van der Waals surface area contributed by atoms with Gasteiger partial charge in [0.25, 0.3) is 5.56 Å². The normalized spacial score (nSPS) is 17.9. The van der Waals surface area contributed by atoms with Crippen molar-refractivity contribution in [2.24, 2.45) is 5.92 Å². The molecule has 0 aromatic carbocycles. The minimum Gasteiger partial charge on any atom is -0.450 e. The van der Waals surface area contributed by atoms with Gasteiger partial charge in [-0.15, -0.1) is 22.7 Å². The zero-order valence-corrected chi connectivity index (χ0v) is 16.7. The number of halogens is 1. The Balaban J connectivity index is 1.64. The van der Waals surface area contributed by atoms with Crippen molar-refractivity contribution >= 4 is 50.5 Å². The maximum atomic E-state index is 12.6. The number of hydrogen-bond donors (Lipinski definition) is 1. The SMILES string of the molecule is C[C@@H]1CCc2c(sc3nc([C@H](C)OC(=O)c4ccc(Cl)s4)[nH]c(=O)c23)C1. The highest BCUT2D eigenvalue weighted by Gasteiger charge is 2.24. The molecule has 3 aromatic heterocycles. The molecule has 0 amide bonds. The number of carbonyl (C=O) groups is 1. The van der Waals surface area contributed by atoms with Gasteiger partial charge in [0.05, 0.1) is 9.72 Å². The van der Waals surface area contributed by atoms with Gasteiger partial charge in [-0.1, -0.05) is 18.5 Å². The lowest BCUT2D eigenvalue weighted by molar-refractivity contribution is 0.0326. The highest BCUT2D eigenvalue weighted by atomic mass is 35.5. The summed E-state index contributed by atoms with van der Waals surface area (Å²) in [5, 5.41) is 0.698. The molecule has 0 spiro atoms. The predicted molar refractivity (Wildman–Crippen MR) is 105 cm³/mol. The van der Waals surface area contributed by atoms with Crippen LogP contribution in [0.3, 0.4) is 0 Å². The lowest BCUT2D eigenvalue weighted by atomic mass is 9.89. The first-order valence-electron chi connectivity index (χ1n) is 8.43. The Labute approximate surface area is 163 Å². The number of nitrogens with one attached hydrogen (secondary N) is 1. The quantitative estimate of drug-likeness (QED) is 0.635. The van der Waals surface area contributed by atoms with Crippen LogP contribution >= 0.6 is 34.3 Å². The van der Waals surface area contributed by atoms with E-state index in [-0.39, 0.29) is 5.56 Å². The fourth-order valence-corrected chi connectivity index (χ4v) is 5.57. The Morgan fingerprint density at radius 1 is 1.42 bits per heavy atom. The minimum absolute atomic E-state index is 0.154. The van der Waals surface area contributed by atoms with Gasteiger partial charge in [-0.3, -0.25) is 4.79 Å².